The minimum absolute atomic E-state index is 0.157. The van der Waals surface area contributed by atoms with E-state index in [-0.39, 0.29) is 17.3 Å². The molecule has 1 heterocycles. The quantitative estimate of drug-likeness (QED) is 0.820. The first-order valence-corrected chi connectivity index (χ1v) is 8.65. The molecule has 0 aromatic heterocycles. The number of aryl methyl sites for hydroxylation is 2. The molecule has 1 aliphatic rings. The summed E-state index contributed by atoms with van der Waals surface area (Å²) in [5.74, 6) is -0.196. The van der Waals surface area contributed by atoms with E-state index in [2.05, 4.69) is 0 Å². The number of hydrogen-bond acceptors (Lipinski definition) is 4. The molecule has 0 unspecified atom stereocenters. The van der Waals surface area contributed by atoms with Crippen LogP contribution in [0.1, 0.15) is 11.1 Å². The van der Waals surface area contributed by atoms with Gasteiger partial charge in [-0.05, 0) is 37.1 Å². The van der Waals surface area contributed by atoms with Gasteiger partial charge in [-0.2, -0.15) is 4.31 Å². The van der Waals surface area contributed by atoms with Crippen LogP contribution in [0.2, 0.25) is 0 Å². The molecule has 0 spiro atoms. The monoisotopic (exact) mass is 326 g/mol. The van der Waals surface area contributed by atoms with E-state index in [1.165, 1.54) is 7.05 Å². The number of nitrogens with zero attached hydrogens (tertiary/aromatic N) is 2. The molecule has 0 bridgehead atoms. The summed E-state index contributed by atoms with van der Waals surface area (Å²) in [4.78, 5) is 14.0. The molecule has 1 aromatic carbocycles. The third-order valence-corrected chi connectivity index (χ3v) is 5.71. The first-order valence-electron chi connectivity index (χ1n) is 7.21. The Hall–Kier alpha value is -1.44. The van der Waals surface area contributed by atoms with E-state index in [1.807, 2.05) is 13.8 Å². The summed E-state index contributed by atoms with van der Waals surface area (Å²) in [5, 5.41) is 0. The second-order valence-corrected chi connectivity index (χ2v) is 7.55. The summed E-state index contributed by atoms with van der Waals surface area (Å²) >= 11 is 0. The summed E-state index contributed by atoms with van der Waals surface area (Å²) in [5.41, 5.74) is 1.94. The highest BCUT2D eigenvalue weighted by Crippen LogP contribution is 2.18. The van der Waals surface area contributed by atoms with Gasteiger partial charge in [-0.25, -0.2) is 8.42 Å². The molecule has 0 aliphatic carbocycles. The van der Waals surface area contributed by atoms with E-state index in [4.69, 9.17) is 4.74 Å². The van der Waals surface area contributed by atoms with Crippen LogP contribution in [0, 0.1) is 13.8 Å². The van der Waals surface area contributed by atoms with Gasteiger partial charge in [-0.3, -0.25) is 4.79 Å². The number of morpholine rings is 1. The zero-order chi connectivity index (χ0) is 16.3. The number of rotatable bonds is 4. The Bertz CT molecular complexity index is 652. The van der Waals surface area contributed by atoms with Gasteiger partial charge in [0, 0.05) is 20.1 Å². The molecule has 7 heteroatoms. The van der Waals surface area contributed by atoms with Gasteiger partial charge in [-0.1, -0.05) is 6.07 Å². The molecule has 1 aliphatic heterocycles. The highest BCUT2D eigenvalue weighted by atomic mass is 32.2. The maximum Gasteiger partial charge on any atom is 0.243 e. The minimum atomic E-state index is -3.66. The second-order valence-electron chi connectivity index (χ2n) is 5.50. The molecule has 22 heavy (non-hydrogen) atoms. The molecule has 122 valence electrons. The second kappa shape index (κ2) is 6.76. The van der Waals surface area contributed by atoms with E-state index < -0.39 is 10.0 Å². The van der Waals surface area contributed by atoms with E-state index in [0.29, 0.717) is 26.3 Å². The molecule has 1 fully saturated rings. The first kappa shape index (κ1) is 16.9. The van der Waals surface area contributed by atoms with Crippen molar-refractivity contribution in [1.82, 2.24) is 9.21 Å². The number of sulfonamides is 1. The van der Waals surface area contributed by atoms with Crippen LogP contribution < -0.4 is 0 Å². The van der Waals surface area contributed by atoms with Crippen molar-refractivity contribution >= 4 is 15.9 Å². The average molecular weight is 326 g/mol. The smallest absolute Gasteiger partial charge is 0.243 e. The zero-order valence-electron chi connectivity index (χ0n) is 13.2. The Labute approximate surface area is 131 Å². The first-order chi connectivity index (χ1) is 10.3. The predicted molar refractivity (Wildman–Crippen MR) is 83.1 cm³/mol. The standard InChI is InChI=1S/C15H22N2O4S/c1-12-4-5-14(10-13(12)2)22(19,20)16(3)11-15(18)17-6-8-21-9-7-17/h4-5,10H,6-9,11H2,1-3H3. The van der Waals surface area contributed by atoms with E-state index in [9.17, 15) is 13.2 Å². The Balaban J connectivity index is 2.11. The Morgan fingerprint density at radius 2 is 1.86 bits per heavy atom. The summed E-state index contributed by atoms with van der Waals surface area (Å²) in [6, 6.07) is 4.99. The van der Waals surface area contributed by atoms with E-state index >= 15 is 0 Å². The summed E-state index contributed by atoms with van der Waals surface area (Å²) < 4.78 is 31.4. The normalized spacial score (nSPS) is 16.1. The number of benzene rings is 1. The Morgan fingerprint density at radius 3 is 2.45 bits per heavy atom. The number of hydrogen-bond donors (Lipinski definition) is 0. The number of amides is 1. The molecule has 0 atom stereocenters. The number of carbonyl (C=O) groups is 1. The van der Waals surface area contributed by atoms with Gasteiger partial charge in [0.05, 0.1) is 24.7 Å². The third-order valence-electron chi connectivity index (χ3n) is 3.91. The highest BCUT2D eigenvalue weighted by Gasteiger charge is 2.26. The van der Waals surface area contributed by atoms with Gasteiger partial charge in [0.1, 0.15) is 0 Å². The molecular weight excluding hydrogens is 304 g/mol. The van der Waals surface area contributed by atoms with E-state index in [1.54, 1.807) is 23.1 Å². The molecule has 1 saturated heterocycles. The number of carbonyl (C=O) groups excluding carboxylic acids is 1. The maximum absolute atomic E-state index is 12.5. The van der Waals surface area contributed by atoms with Gasteiger partial charge in [0.15, 0.2) is 0 Å². The lowest BCUT2D eigenvalue weighted by atomic mass is 10.1. The van der Waals surface area contributed by atoms with E-state index in [0.717, 1.165) is 15.4 Å². The van der Waals surface area contributed by atoms with Gasteiger partial charge in [0.25, 0.3) is 0 Å². The summed E-state index contributed by atoms with van der Waals surface area (Å²) in [6.45, 7) is 5.66. The van der Waals surface area contributed by atoms with Crippen LogP contribution in [0.4, 0.5) is 0 Å². The Kier molecular flexibility index (Phi) is 5.20. The molecular formula is C15H22N2O4S. The third kappa shape index (κ3) is 3.66. The van der Waals surface area contributed by atoms with Crippen LogP contribution in [-0.4, -0.2) is 63.4 Å². The summed E-state index contributed by atoms with van der Waals surface area (Å²) in [6.07, 6.45) is 0. The molecule has 1 aromatic rings. The van der Waals surface area contributed by atoms with Crippen molar-refractivity contribution in [1.29, 1.82) is 0 Å². The molecule has 6 nitrogen and oxygen atoms in total. The van der Waals surface area contributed by atoms with Crippen molar-refractivity contribution in [3.8, 4) is 0 Å². The van der Waals surface area contributed by atoms with Gasteiger partial charge >= 0.3 is 0 Å². The van der Waals surface area contributed by atoms with Crippen LogP contribution >= 0.6 is 0 Å². The van der Waals surface area contributed by atoms with Gasteiger partial charge in [0.2, 0.25) is 15.9 Å². The lowest BCUT2D eigenvalue weighted by Gasteiger charge is -2.28. The van der Waals surface area contributed by atoms with Crippen molar-refractivity contribution in [3.63, 3.8) is 0 Å². The molecule has 0 saturated carbocycles. The van der Waals surface area contributed by atoms with Crippen LogP contribution in [-0.2, 0) is 19.6 Å². The maximum atomic E-state index is 12.5. The fourth-order valence-electron chi connectivity index (χ4n) is 2.24. The van der Waals surface area contributed by atoms with Crippen molar-refractivity contribution < 1.29 is 17.9 Å². The number of likely N-dealkylation sites (N-methyl/N-ethyl adjacent to an activating group) is 1. The van der Waals surface area contributed by atoms with Crippen molar-refractivity contribution in [2.45, 2.75) is 18.7 Å². The van der Waals surface area contributed by atoms with Crippen LogP contribution in [0.15, 0.2) is 23.1 Å². The lowest BCUT2D eigenvalue weighted by molar-refractivity contribution is -0.135. The topological polar surface area (TPSA) is 66.9 Å². The lowest BCUT2D eigenvalue weighted by Crippen LogP contribution is -2.46. The highest BCUT2D eigenvalue weighted by molar-refractivity contribution is 7.89. The van der Waals surface area contributed by atoms with Crippen molar-refractivity contribution in [2.24, 2.45) is 0 Å². The predicted octanol–water partition coefficient (Wildman–Crippen LogP) is 0.783. The van der Waals surface area contributed by atoms with Crippen molar-refractivity contribution in [2.75, 3.05) is 39.9 Å². The minimum Gasteiger partial charge on any atom is -0.378 e. The van der Waals surface area contributed by atoms with Gasteiger partial charge in [-0.15, -0.1) is 0 Å². The zero-order valence-corrected chi connectivity index (χ0v) is 14.0. The van der Waals surface area contributed by atoms with Crippen LogP contribution in [0.3, 0.4) is 0 Å². The fraction of sp³-hybridized carbons (Fsp3) is 0.533. The average Bonchev–Trinajstić information content (AvgIpc) is 2.50. The SMILES string of the molecule is Cc1ccc(S(=O)(=O)N(C)CC(=O)N2CCOCC2)cc1C. The molecule has 1 amide bonds. The van der Waals surface area contributed by atoms with Crippen LogP contribution in [0.25, 0.3) is 0 Å². The van der Waals surface area contributed by atoms with Crippen LogP contribution in [0.5, 0.6) is 0 Å². The Morgan fingerprint density at radius 1 is 1.23 bits per heavy atom. The number of ether oxygens (including phenoxy) is 1. The largest absolute Gasteiger partial charge is 0.378 e. The molecule has 0 radical (unpaired) electrons. The van der Waals surface area contributed by atoms with Gasteiger partial charge < -0.3 is 9.64 Å². The molecule has 2 rings (SSSR count). The summed E-state index contributed by atoms with van der Waals surface area (Å²) in [7, 11) is -2.22. The fourth-order valence-corrected chi connectivity index (χ4v) is 3.45. The van der Waals surface area contributed by atoms with Crippen molar-refractivity contribution in [3.05, 3.63) is 29.3 Å². The molecule has 0 N–H and O–H groups in total.